The lowest BCUT2D eigenvalue weighted by Gasteiger charge is -2.20. The molecule has 0 fully saturated rings. The Balaban J connectivity index is 0.000000323. The molecule has 12 heteroatoms. The summed E-state index contributed by atoms with van der Waals surface area (Å²) in [5, 5.41) is 10.7. The van der Waals surface area contributed by atoms with E-state index >= 15 is 0 Å². The fraction of sp³-hybridized carbons (Fsp3) is 0.400. The Kier molecular flexibility index (Phi) is 8.54. The zero-order valence-electron chi connectivity index (χ0n) is 18.9. The summed E-state index contributed by atoms with van der Waals surface area (Å²) in [6.07, 6.45) is 0. The molecule has 32 heavy (non-hydrogen) atoms. The Morgan fingerprint density at radius 2 is 1.12 bits per heavy atom. The van der Waals surface area contributed by atoms with E-state index in [1.807, 2.05) is 0 Å². The summed E-state index contributed by atoms with van der Waals surface area (Å²) < 4.78 is 52.6. The SMILES string of the molecule is CC(C)(C)NS(=O)(=O)c1ccccc1N.CC(C)(C)NS(=O)(=O)c1ccccc1[N+](=O)[O-]. The van der Waals surface area contributed by atoms with E-state index in [1.54, 1.807) is 59.7 Å². The van der Waals surface area contributed by atoms with Gasteiger partial charge in [0, 0.05) is 17.1 Å². The maximum Gasteiger partial charge on any atom is 0.289 e. The van der Waals surface area contributed by atoms with Gasteiger partial charge in [-0.15, -0.1) is 0 Å². The van der Waals surface area contributed by atoms with Gasteiger partial charge in [0.15, 0.2) is 4.90 Å². The van der Waals surface area contributed by atoms with Gasteiger partial charge in [-0.25, -0.2) is 26.3 Å². The largest absolute Gasteiger partial charge is 0.398 e. The van der Waals surface area contributed by atoms with Gasteiger partial charge in [-0.1, -0.05) is 24.3 Å². The van der Waals surface area contributed by atoms with Gasteiger partial charge in [0.1, 0.15) is 4.90 Å². The first-order valence-electron chi connectivity index (χ1n) is 9.52. The van der Waals surface area contributed by atoms with Crippen molar-refractivity contribution in [2.75, 3.05) is 5.73 Å². The number of nitro groups is 1. The zero-order chi connectivity index (χ0) is 25.0. The molecule has 0 heterocycles. The van der Waals surface area contributed by atoms with Crippen molar-refractivity contribution in [2.24, 2.45) is 0 Å². The zero-order valence-corrected chi connectivity index (χ0v) is 20.5. The van der Waals surface area contributed by atoms with Crippen LogP contribution in [-0.4, -0.2) is 32.8 Å². The molecule has 0 unspecified atom stereocenters. The monoisotopic (exact) mass is 486 g/mol. The average molecular weight is 487 g/mol. The van der Waals surface area contributed by atoms with Gasteiger partial charge in [0.05, 0.1) is 10.6 Å². The highest BCUT2D eigenvalue weighted by atomic mass is 32.2. The third kappa shape index (κ3) is 8.54. The molecule has 178 valence electrons. The van der Waals surface area contributed by atoms with E-state index in [0.29, 0.717) is 0 Å². The van der Waals surface area contributed by atoms with E-state index in [0.717, 1.165) is 6.07 Å². The van der Waals surface area contributed by atoms with E-state index in [2.05, 4.69) is 9.44 Å². The van der Waals surface area contributed by atoms with Crippen molar-refractivity contribution in [3.05, 3.63) is 58.6 Å². The van der Waals surface area contributed by atoms with Crippen LogP contribution in [0.25, 0.3) is 0 Å². The lowest BCUT2D eigenvalue weighted by molar-refractivity contribution is -0.387. The number of anilines is 1. The van der Waals surface area contributed by atoms with Crippen molar-refractivity contribution in [3.63, 3.8) is 0 Å². The molecule has 0 saturated heterocycles. The molecule has 0 saturated carbocycles. The maximum absolute atomic E-state index is 12.0. The molecule has 0 bridgehead atoms. The summed E-state index contributed by atoms with van der Waals surface area (Å²) in [6, 6.07) is 11.7. The third-order valence-electron chi connectivity index (χ3n) is 3.44. The predicted octanol–water partition coefficient (Wildman–Crippen LogP) is 3.02. The van der Waals surface area contributed by atoms with Crippen molar-refractivity contribution in [1.82, 2.24) is 9.44 Å². The molecule has 0 aromatic heterocycles. The van der Waals surface area contributed by atoms with Gasteiger partial charge in [-0.3, -0.25) is 10.1 Å². The van der Waals surface area contributed by atoms with Crippen LogP contribution in [-0.2, 0) is 20.0 Å². The number of nitrogens with one attached hydrogen (secondary N) is 2. The number of hydrogen-bond acceptors (Lipinski definition) is 7. The lowest BCUT2D eigenvalue weighted by Crippen LogP contribution is -2.40. The minimum atomic E-state index is -3.89. The second-order valence-electron chi connectivity index (χ2n) is 8.97. The summed E-state index contributed by atoms with van der Waals surface area (Å²) >= 11 is 0. The van der Waals surface area contributed by atoms with Crippen LogP contribution < -0.4 is 15.2 Å². The quantitative estimate of drug-likeness (QED) is 0.332. The molecule has 4 N–H and O–H groups in total. The molecular weight excluding hydrogens is 456 g/mol. The Morgan fingerprint density at radius 3 is 1.53 bits per heavy atom. The molecule has 0 amide bonds. The van der Waals surface area contributed by atoms with Crippen molar-refractivity contribution in [2.45, 2.75) is 62.4 Å². The number of nitrogens with zero attached hydrogens (tertiary/aromatic N) is 1. The minimum absolute atomic E-state index is 0.125. The lowest BCUT2D eigenvalue weighted by atomic mass is 10.1. The normalized spacial score (nSPS) is 12.6. The summed E-state index contributed by atoms with van der Waals surface area (Å²) in [5.41, 5.74) is 4.23. The number of hydrogen-bond donors (Lipinski definition) is 3. The van der Waals surface area contributed by atoms with Gasteiger partial charge in [0.25, 0.3) is 5.69 Å². The topological polar surface area (TPSA) is 162 Å². The molecule has 0 aliphatic rings. The van der Waals surface area contributed by atoms with Crippen LogP contribution in [0.5, 0.6) is 0 Å². The van der Waals surface area contributed by atoms with Crippen LogP contribution in [0.3, 0.4) is 0 Å². The van der Waals surface area contributed by atoms with Crippen LogP contribution in [0.2, 0.25) is 0 Å². The fourth-order valence-electron chi connectivity index (χ4n) is 2.48. The summed E-state index contributed by atoms with van der Waals surface area (Å²) in [7, 11) is -7.41. The van der Waals surface area contributed by atoms with Crippen LogP contribution >= 0.6 is 0 Å². The standard InChI is InChI=1S/C10H14N2O4S.C10H16N2O2S/c1-10(2,3)11-17(15,16)9-7-5-4-6-8(9)12(13)14;1-10(2,3)12-15(13,14)9-7-5-4-6-8(9)11/h4-7,11H,1-3H3;4-7,12H,11H2,1-3H3. The van der Waals surface area contributed by atoms with Gasteiger partial charge >= 0.3 is 0 Å². The molecule has 0 aliphatic heterocycles. The molecule has 10 nitrogen and oxygen atoms in total. The Morgan fingerprint density at radius 1 is 0.750 bits per heavy atom. The highest BCUT2D eigenvalue weighted by Crippen LogP contribution is 2.24. The van der Waals surface area contributed by atoms with Crippen LogP contribution in [0, 0.1) is 10.1 Å². The average Bonchev–Trinajstić information content (AvgIpc) is 2.58. The number of nitrogens with two attached hydrogens (primary N) is 1. The minimum Gasteiger partial charge on any atom is -0.398 e. The van der Waals surface area contributed by atoms with Gasteiger partial charge in [0.2, 0.25) is 20.0 Å². The highest BCUT2D eigenvalue weighted by molar-refractivity contribution is 7.90. The Bertz CT molecular complexity index is 1170. The van der Waals surface area contributed by atoms with E-state index in [9.17, 15) is 26.9 Å². The summed E-state index contributed by atoms with van der Waals surface area (Å²) in [6.45, 7) is 10.3. The smallest absolute Gasteiger partial charge is 0.289 e. The van der Waals surface area contributed by atoms with Crippen LogP contribution in [0.1, 0.15) is 41.5 Å². The van der Waals surface area contributed by atoms with Gasteiger partial charge in [-0.2, -0.15) is 0 Å². The third-order valence-corrected chi connectivity index (χ3v) is 7.08. The summed E-state index contributed by atoms with van der Waals surface area (Å²) in [4.78, 5) is 9.84. The molecular formula is C20H30N4O6S2. The number of nitro benzene ring substituents is 1. The van der Waals surface area contributed by atoms with E-state index in [-0.39, 0.29) is 15.5 Å². The second kappa shape index (κ2) is 9.94. The molecule has 0 spiro atoms. The van der Waals surface area contributed by atoms with Crippen LogP contribution in [0.4, 0.5) is 11.4 Å². The van der Waals surface area contributed by atoms with E-state index in [1.165, 1.54) is 24.3 Å². The second-order valence-corrected chi connectivity index (χ2v) is 12.3. The molecule has 2 rings (SSSR count). The first kappa shape index (κ1) is 27.5. The number of para-hydroxylation sites is 2. The molecule has 2 aromatic carbocycles. The number of nitrogen functional groups attached to an aromatic ring is 1. The van der Waals surface area contributed by atoms with Gasteiger partial charge < -0.3 is 5.73 Å². The summed E-state index contributed by atoms with van der Waals surface area (Å²) in [5.74, 6) is 0. The molecule has 2 aromatic rings. The number of benzene rings is 2. The first-order valence-corrected chi connectivity index (χ1v) is 12.5. The van der Waals surface area contributed by atoms with Crippen molar-refractivity contribution < 1.29 is 21.8 Å². The van der Waals surface area contributed by atoms with Gasteiger partial charge in [-0.05, 0) is 59.7 Å². The Labute approximate surface area is 189 Å². The highest BCUT2D eigenvalue weighted by Gasteiger charge is 2.28. The molecule has 0 atom stereocenters. The fourth-order valence-corrected chi connectivity index (χ4v) is 5.62. The number of sulfonamides is 2. The number of rotatable bonds is 5. The van der Waals surface area contributed by atoms with E-state index < -0.39 is 41.7 Å². The Hall–Kier alpha value is -2.54. The van der Waals surface area contributed by atoms with Crippen LogP contribution in [0.15, 0.2) is 58.3 Å². The molecule has 0 aliphatic carbocycles. The van der Waals surface area contributed by atoms with Crippen molar-refractivity contribution >= 4 is 31.4 Å². The first-order chi connectivity index (χ1) is 14.4. The molecule has 0 radical (unpaired) electrons. The van der Waals surface area contributed by atoms with Crippen molar-refractivity contribution in [1.29, 1.82) is 0 Å². The maximum atomic E-state index is 12.0. The van der Waals surface area contributed by atoms with Crippen molar-refractivity contribution in [3.8, 4) is 0 Å². The predicted molar refractivity (Wildman–Crippen MR) is 124 cm³/mol. The van der Waals surface area contributed by atoms with E-state index in [4.69, 9.17) is 5.73 Å².